The molecule has 37 heavy (non-hydrogen) atoms. The van der Waals surface area contributed by atoms with Crippen LogP contribution in [0.2, 0.25) is 0 Å². The van der Waals surface area contributed by atoms with Gasteiger partial charge in [-0.1, -0.05) is 91.1 Å². The van der Waals surface area contributed by atoms with Crippen molar-refractivity contribution >= 4 is 33.7 Å². The molecular weight excluding hydrogens is 452 g/mol. The maximum Gasteiger partial charge on any atom is 0.231 e. The van der Waals surface area contributed by atoms with Crippen molar-refractivity contribution in [1.29, 1.82) is 0 Å². The van der Waals surface area contributed by atoms with Crippen molar-refractivity contribution < 1.29 is 0 Å². The summed E-state index contributed by atoms with van der Waals surface area (Å²) >= 11 is 0. The van der Waals surface area contributed by atoms with Crippen molar-refractivity contribution in [2.45, 2.75) is 24.9 Å². The first kappa shape index (κ1) is 20.6. The predicted octanol–water partition coefficient (Wildman–Crippen LogP) is 7.00. The second-order valence-electron chi connectivity index (χ2n) is 9.90. The first-order chi connectivity index (χ1) is 18.4. The van der Waals surface area contributed by atoms with Gasteiger partial charge in [0.15, 0.2) is 0 Å². The zero-order valence-corrected chi connectivity index (χ0v) is 20.3. The van der Waals surface area contributed by atoms with E-state index in [0.29, 0.717) is 5.95 Å². The zero-order chi connectivity index (χ0) is 24.3. The van der Waals surface area contributed by atoms with Crippen LogP contribution in [0.25, 0.3) is 33.0 Å². The van der Waals surface area contributed by atoms with Gasteiger partial charge in [-0.15, -0.1) is 0 Å². The van der Waals surface area contributed by atoms with Gasteiger partial charge in [-0.2, -0.15) is 0 Å². The van der Waals surface area contributed by atoms with Crippen LogP contribution < -0.4 is 4.90 Å². The van der Waals surface area contributed by atoms with Crippen LogP contribution in [0.4, 0.5) is 5.95 Å². The fraction of sp³-hybridized carbons (Fsp3) is 0.121. The molecule has 3 aliphatic carbocycles. The lowest BCUT2D eigenvalue weighted by molar-refractivity contribution is 0.727. The van der Waals surface area contributed by atoms with Crippen molar-refractivity contribution in [2.24, 2.45) is 4.99 Å². The number of benzene rings is 3. The van der Waals surface area contributed by atoms with Crippen molar-refractivity contribution in [2.75, 3.05) is 4.90 Å². The Morgan fingerprint density at radius 1 is 0.676 bits per heavy atom. The summed E-state index contributed by atoms with van der Waals surface area (Å²) in [5.74, 6) is 1.59. The highest BCUT2D eigenvalue weighted by Gasteiger charge is 2.37. The Bertz CT molecular complexity index is 1700. The molecule has 4 aromatic rings. The smallest absolute Gasteiger partial charge is 0.231 e. The average Bonchev–Trinajstić information content (AvgIpc) is 3.52. The molecule has 0 amide bonds. The van der Waals surface area contributed by atoms with Crippen LogP contribution in [0.5, 0.6) is 0 Å². The Labute approximate surface area is 215 Å². The number of anilines is 1. The Balaban J connectivity index is 1.21. The number of fused-ring (bicyclic) bond motifs is 4. The summed E-state index contributed by atoms with van der Waals surface area (Å²) in [5, 5.41) is 2.71. The van der Waals surface area contributed by atoms with E-state index in [0.717, 1.165) is 24.2 Å². The molecule has 2 atom stereocenters. The van der Waals surface area contributed by atoms with E-state index < -0.39 is 0 Å². The maximum absolute atomic E-state index is 5.08. The number of aliphatic imine (C=N–C) groups is 1. The minimum Gasteiger partial charge on any atom is -0.285 e. The molecule has 0 radical (unpaired) electrons. The Morgan fingerprint density at radius 3 is 2.19 bits per heavy atom. The standard InChI is InChI=1S/C33H24N4/c1-2-8-25-24(7-1)27-10-5-9-26-23(17-18-28(25)31(26)27)21-13-15-22(16-14-21)32-36-29-11-3-4-12-30(29)37(32)33-34-19-6-20-35-33/h3-20,29-30H,1-2H2. The molecule has 0 fully saturated rings. The minimum atomic E-state index is 0.0622. The zero-order valence-electron chi connectivity index (χ0n) is 20.3. The molecule has 0 N–H and O–H groups in total. The normalized spacial score (nSPS) is 21.0. The lowest BCUT2D eigenvalue weighted by Crippen LogP contribution is -2.40. The summed E-state index contributed by atoms with van der Waals surface area (Å²) < 4.78 is 0. The largest absolute Gasteiger partial charge is 0.285 e. The highest BCUT2D eigenvalue weighted by atomic mass is 15.4. The number of rotatable bonds is 3. The van der Waals surface area contributed by atoms with E-state index in [1.54, 1.807) is 12.4 Å². The van der Waals surface area contributed by atoms with Crippen molar-refractivity contribution in [3.63, 3.8) is 0 Å². The van der Waals surface area contributed by atoms with E-state index in [9.17, 15) is 0 Å². The Morgan fingerprint density at radius 2 is 1.38 bits per heavy atom. The molecule has 4 aliphatic rings. The van der Waals surface area contributed by atoms with E-state index in [1.165, 1.54) is 44.2 Å². The van der Waals surface area contributed by atoms with Gasteiger partial charge in [-0.3, -0.25) is 9.89 Å². The number of allylic oxidation sites excluding steroid dienone is 6. The lowest BCUT2D eigenvalue weighted by atomic mass is 9.94. The van der Waals surface area contributed by atoms with Crippen molar-refractivity contribution in [3.8, 4) is 11.1 Å². The van der Waals surface area contributed by atoms with Crippen molar-refractivity contribution in [3.05, 3.63) is 126 Å². The Kier molecular flexibility index (Phi) is 4.44. The third-order valence-electron chi connectivity index (χ3n) is 7.87. The fourth-order valence-corrected chi connectivity index (χ4v) is 6.24. The van der Waals surface area contributed by atoms with Crippen LogP contribution in [-0.2, 0) is 0 Å². The maximum atomic E-state index is 5.08. The number of aromatic nitrogens is 2. The minimum absolute atomic E-state index is 0.0622. The quantitative estimate of drug-likeness (QED) is 0.320. The van der Waals surface area contributed by atoms with E-state index >= 15 is 0 Å². The Hall–Kier alpha value is -4.57. The highest BCUT2D eigenvalue weighted by Crippen LogP contribution is 2.49. The molecule has 2 heterocycles. The van der Waals surface area contributed by atoms with Crippen LogP contribution >= 0.6 is 0 Å². The van der Waals surface area contributed by atoms with Crippen molar-refractivity contribution in [1.82, 2.24) is 9.97 Å². The lowest BCUT2D eigenvalue weighted by Gasteiger charge is -2.26. The summed E-state index contributed by atoms with van der Waals surface area (Å²) in [6.07, 6.45) is 19.1. The van der Waals surface area contributed by atoms with E-state index in [4.69, 9.17) is 4.99 Å². The molecule has 2 unspecified atom stereocenters. The summed E-state index contributed by atoms with van der Waals surface area (Å²) in [4.78, 5) is 16.3. The molecule has 4 nitrogen and oxygen atoms in total. The highest BCUT2D eigenvalue weighted by molar-refractivity contribution is 6.24. The van der Waals surface area contributed by atoms with E-state index in [1.807, 2.05) is 6.07 Å². The molecule has 1 aromatic heterocycles. The van der Waals surface area contributed by atoms with Gasteiger partial charge in [0.25, 0.3) is 0 Å². The van der Waals surface area contributed by atoms with Gasteiger partial charge in [-0.25, -0.2) is 9.97 Å². The SMILES string of the molecule is C1=CC2N=C(c3ccc(-c4ccc5c6c(cccc46)C4=CCCC=C45)cc3)N(c3ncccn3)C2C=C1. The summed E-state index contributed by atoms with van der Waals surface area (Å²) in [6, 6.07) is 22.2. The molecule has 4 heteroatoms. The van der Waals surface area contributed by atoms with Gasteiger partial charge in [0, 0.05) is 18.0 Å². The molecule has 3 aromatic carbocycles. The molecule has 0 saturated heterocycles. The van der Waals surface area contributed by atoms with Crippen LogP contribution in [0.15, 0.2) is 115 Å². The monoisotopic (exact) mass is 476 g/mol. The second kappa shape index (κ2) is 7.97. The summed E-state index contributed by atoms with van der Waals surface area (Å²) in [5.41, 5.74) is 9.11. The van der Waals surface area contributed by atoms with Crippen LogP contribution in [-0.4, -0.2) is 27.9 Å². The number of hydrogen-bond donors (Lipinski definition) is 0. The summed E-state index contributed by atoms with van der Waals surface area (Å²) in [6.45, 7) is 0. The van der Waals surface area contributed by atoms with E-state index in [-0.39, 0.29) is 12.1 Å². The third kappa shape index (κ3) is 3.05. The van der Waals surface area contributed by atoms with Crippen LogP contribution in [0.3, 0.4) is 0 Å². The molecule has 1 aliphatic heterocycles. The van der Waals surface area contributed by atoms with Gasteiger partial charge in [0.2, 0.25) is 5.95 Å². The first-order valence-electron chi connectivity index (χ1n) is 12.9. The van der Waals surface area contributed by atoms with Gasteiger partial charge in [-0.05, 0) is 63.1 Å². The number of amidine groups is 1. The first-order valence-corrected chi connectivity index (χ1v) is 12.9. The average molecular weight is 477 g/mol. The molecule has 0 bridgehead atoms. The second-order valence-corrected chi connectivity index (χ2v) is 9.90. The number of nitrogens with zero attached hydrogens (tertiary/aromatic N) is 4. The van der Waals surface area contributed by atoms with Crippen LogP contribution in [0, 0.1) is 0 Å². The molecule has 0 spiro atoms. The van der Waals surface area contributed by atoms with Gasteiger partial charge < -0.3 is 0 Å². The molecular formula is C33H24N4. The molecule has 176 valence electrons. The third-order valence-corrected chi connectivity index (χ3v) is 7.87. The molecule has 8 rings (SSSR count). The van der Waals surface area contributed by atoms with E-state index in [2.05, 4.69) is 106 Å². The van der Waals surface area contributed by atoms with Gasteiger partial charge in [0.05, 0.1) is 12.1 Å². The van der Waals surface area contributed by atoms with Crippen LogP contribution in [0.1, 0.15) is 29.5 Å². The summed E-state index contributed by atoms with van der Waals surface area (Å²) in [7, 11) is 0. The van der Waals surface area contributed by atoms with Gasteiger partial charge in [0.1, 0.15) is 5.84 Å². The fourth-order valence-electron chi connectivity index (χ4n) is 6.24. The topological polar surface area (TPSA) is 41.4 Å². The molecule has 0 saturated carbocycles. The number of hydrogen-bond acceptors (Lipinski definition) is 4. The predicted molar refractivity (Wildman–Crippen MR) is 151 cm³/mol. The van der Waals surface area contributed by atoms with Gasteiger partial charge >= 0.3 is 0 Å².